The first kappa shape index (κ1) is 15.6. The van der Waals surface area contributed by atoms with Gasteiger partial charge in [0.15, 0.2) is 8.32 Å². The van der Waals surface area contributed by atoms with Gasteiger partial charge in [-0.25, -0.2) is 4.39 Å². The molecule has 0 aliphatic heterocycles. The van der Waals surface area contributed by atoms with Crippen molar-refractivity contribution >= 4 is 14.3 Å². The van der Waals surface area contributed by atoms with Crippen LogP contribution in [0.1, 0.15) is 40.0 Å². The van der Waals surface area contributed by atoms with E-state index in [9.17, 15) is 9.18 Å². The fourth-order valence-electron chi connectivity index (χ4n) is 1.95. The standard InChI is InChI=1S/C13H25FO3Si/c1-12(2,3)18(4,5)17-9-13(14)7-6-10(8-13)11(15)16/h10H,6-9H2,1-5H3,(H,15,16)/t10?,13-/m1/s1. The molecule has 0 spiro atoms. The van der Waals surface area contributed by atoms with Gasteiger partial charge in [-0.1, -0.05) is 20.8 Å². The highest BCUT2D eigenvalue weighted by molar-refractivity contribution is 6.74. The Bertz CT molecular complexity index is 325. The Morgan fingerprint density at radius 3 is 2.44 bits per heavy atom. The molecule has 1 unspecified atom stereocenters. The van der Waals surface area contributed by atoms with Crippen molar-refractivity contribution in [2.45, 2.75) is 63.8 Å². The van der Waals surface area contributed by atoms with E-state index in [1.165, 1.54) is 0 Å². The van der Waals surface area contributed by atoms with Crippen molar-refractivity contribution in [3.63, 3.8) is 0 Å². The predicted octanol–water partition coefficient (Wildman–Crippen LogP) is 3.60. The number of hydrogen-bond donors (Lipinski definition) is 1. The summed E-state index contributed by atoms with van der Waals surface area (Å²) in [5, 5.41) is 8.95. The van der Waals surface area contributed by atoms with E-state index in [1.807, 2.05) is 0 Å². The molecule has 1 saturated carbocycles. The molecule has 1 N–H and O–H groups in total. The molecular formula is C13H25FO3Si. The summed E-state index contributed by atoms with van der Waals surface area (Å²) in [6, 6.07) is 0. The summed E-state index contributed by atoms with van der Waals surface area (Å²) in [5.41, 5.74) is -1.45. The number of alkyl halides is 1. The average Bonchev–Trinajstić information content (AvgIpc) is 2.58. The first-order valence-electron chi connectivity index (χ1n) is 6.53. The highest BCUT2D eigenvalue weighted by atomic mass is 28.4. The number of rotatable bonds is 4. The lowest BCUT2D eigenvalue weighted by Crippen LogP contribution is -2.44. The summed E-state index contributed by atoms with van der Waals surface area (Å²) < 4.78 is 20.4. The van der Waals surface area contributed by atoms with Gasteiger partial charge < -0.3 is 9.53 Å². The van der Waals surface area contributed by atoms with Crippen LogP contribution in [0.2, 0.25) is 18.1 Å². The molecule has 5 heteroatoms. The minimum atomic E-state index is -1.96. The normalized spacial score (nSPS) is 29.6. The van der Waals surface area contributed by atoms with E-state index in [-0.39, 0.29) is 18.1 Å². The minimum absolute atomic E-state index is 0.0489. The maximum atomic E-state index is 14.5. The first-order valence-corrected chi connectivity index (χ1v) is 9.43. The summed E-state index contributed by atoms with van der Waals surface area (Å²) in [6.45, 7) is 10.5. The van der Waals surface area contributed by atoms with Crippen molar-refractivity contribution in [2.24, 2.45) is 5.92 Å². The zero-order valence-electron chi connectivity index (χ0n) is 12.0. The van der Waals surface area contributed by atoms with Gasteiger partial charge in [0.05, 0.1) is 12.5 Å². The third kappa shape index (κ3) is 3.54. The van der Waals surface area contributed by atoms with Gasteiger partial charge in [-0.15, -0.1) is 0 Å². The molecule has 18 heavy (non-hydrogen) atoms. The average molecular weight is 276 g/mol. The number of aliphatic carboxylic acids is 1. The molecule has 0 heterocycles. The molecule has 1 rings (SSSR count). The summed E-state index contributed by atoms with van der Waals surface area (Å²) in [4.78, 5) is 10.9. The second-order valence-electron chi connectivity index (χ2n) is 6.98. The van der Waals surface area contributed by atoms with E-state index in [2.05, 4.69) is 33.9 Å². The third-order valence-corrected chi connectivity index (χ3v) is 8.88. The van der Waals surface area contributed by atoms with E-state index >= 15 is 0 Å². The van der Waals surface area contributed by atoms with Crippen molar-refractivity contribution in [3.05, 3.63) is 0 Å². The quantitative estimate of drug-likeness (QED) is 0.798. The maximum Gasteiger partial charge on any atom is 0.306 e. The molecule has 0 saturated heterocycles. The third-order valence-electron chi connectivity index (χ3n) is 4.40. The zero-order valence-corrected chi connectivity index (χ0v) is 13.0. The fourth-order valence-corrected chi connectivity index (χ4v) is 3.00. The molecule has 0 radical (unpaired) electrons. The van der Waals surface area contributed by atoms with Crippen LogP contribution >= 0.6 is 0 Å². The number of carboxylic acid groups (broad SMARTS) is 1. The Hall–Kier alpha value is -0.423. The lowest BCUT2D eigenvalue weighted by molar-refractivity contribution is -0.141. The molecule has 106 valence electrons. The van der Waals surface area contributed by atoms with E-state index < -0.39 is 25.9 Å². The first-order chi connectivity index (χ1) is 7.97. The van der Waals surface area contributed by atoms with Crippen LogP contribution in [0, 0.1) is 5.92 Å². The van der Waals surface area contributed by atoms with Gasteiger partial charge in [0, 0.05) is 0 Å². The Labute approximate surface area is 110 Å². The van der Waals surface area contributed by atoms with Crippen LogP contribution in [0.15, 0.2) is 0 Å². The molecule has 0 aromatic rings. The SMILES string of the molecule is CC(C)(C)[Si](C)(C)OC[C@@]1(F)CCC(C(=O)O)C1. The van der Waals surface area contributed by atoms with Crippen molar-refractivity contribution in [2.75, 3.05) is 6.61 Å². The van der Waals surface area contributed by atoms with Gasteiger partial charge in [-0.2, -0.15) is 0 Å². The van der Waals surface area contributed by atoms with Crippen LogP contribution in [-0.4, -0.2) is 31.7 Å². The Kier molecular flexibility index (Phi) is 4.28. The van der Waals surface area contributed by atoms with Crippen molar-refractivity contribution in [1.29, 1.82) is 0 Å². The van der Waals surface area contributed by atoms with Gasteiger partial charge in [-0.05, 0) is 37.4 Å². The second-order valence-corrected chi connectivity index (χ2v) is 11.8. The van der Waals surface area contributed by atoms with Gasteiger partial charge in [0.2, 0.25) is 0 Å². The molecule has 1 aliphatic rings. The molecule has 0 bridgehead atoms. The Morgan fingerprint density at radius 2 is 2.06 bits per heavy atom. The number of halogens is 1. The predicted molar refractivity (Wildman–Crippen MR) is 72.0 cm³/mol. The zero-order chi connectivity index (χ0) is 14.2. The minimum Gasteiger partial charge on any atom is -0.481 e. The van der Waals surface area contributed by atoms with E-state index in [1.54, 1.807) is 0 Å². The van der Waals surface area contributed by atoms with Crippen LogP contribution in [0.25, 0.3) is 0 Å². The van der Waals surface area contributed by atoms with Crippen LogP contribution in [-0.2, 0) is 9.22 Å². The number of carboxylic acids is 1. The van der Waals surface area contributed by atoms with Gasteiger partial charge >= 0.3 is 5.97 Å². The fraction of sp³-hybridized carbons (Fsp3) is 0.923. The molecule has 0 aromatic carbocycles. The van der Waals surface area contributed by atoms with Gasteiger partial charge in [0.25, 0.3) is 0 Å². The topological polar surface area (TPSA) is 46.5 Å². The molecule has 2 atom stereocenters. The summed E-state index contributed by atoms with van der Waals surface area (Å²) in [5.74, 6) is -1.43. The lowest BCUT2D eigenvalue weighted by Gasteiger charge is -2.38. The van der Waals surface area contributed by atoms with Crippen LogP contribution in [0.4, 0.5) is 4.39 Å². The maximum absolute atomic E-state index is 14.5. The van der Waals surface area contributed by atoms with Crippen LogP contribution in [0.3, 0.4) is 0 Å². The molecule has 0 aromatic heterocycles. The van der Waals surface area contributed by atoms with Crippen molar-refractivity contribution in [3.8, 4) is 0 Å². The van der Waals surface area contributed by atoms with Crippen LogP contribution in [0.5, 0.6) is 0 Å². The largest absolute Gasteiger partial charge is 0.481 e. The Morgan fingerprint density at radius 1 is 1.50 bits per heavy atom. The van der Waals surface area contributed by atoms with Crippen molar-refractivity contribution < 1.29 is 18.7 Å². The molecule has 0 amide bonds. The number of hydrogen-bond acceptors (Lipinski definition) is 2. The summed E-state index contributed by atoms with van der Waals surface area (Å²) in [6.07, 6.45) is 0.822. The second kappa shape index (κ2) is 4.93. The Balaban J connectivity index is 2.57. The van der Waals surface area contributed by atoms with Crippen LogP contribution < -0.4 is 0 Å². The van der Waals surface area contributed by atoms with E-state index in [4.69, 9.17) is 9.53 Å². The highest BCUT2D eigenvalue weighted by Gasteiger charge is 2.45. The summed E-state index contributed by atoms with van der Waals surface area (Å²) >= 11 is 0. The highest BCUT2D eigenvalue weighted by Crippen LogP contribution is 2.41. The molecular weight excluding hydrogens is 251 g/mol. The smallest absolute Gasteiger partial charge is 0.306 e. The monoisotopic (exact) mass is 276 g/mol. The molecule has 3 nitrogen and oxygen atoms in total. The summed E-state index contributed by atoms with van der Waals surface area (Å²) in [7, 11) is -1.96. The molecule has 1 aliphatic carbocycles. The van der Waals surface area contributed by atoms with E-state index in [0.29, 0.717) is 12.8 Å². The van der Waals surface area contributed by atoms with E-state index in [0.717, 1.165) is 0 Å². The van der Waals surface area contributed by atoms with Gasteiger partial charge in [0.1, 0.15) is 5.67 Å². The molecule has 1 fully saturated rings. The van der Waals surface area contributed by atoms with Crippen molar-refractivity contribution in [1.82, 2.24) is 0 Å². The lowest BCUT2D eigenvalue weighted by atomic mass is 10.0. The number of carbonyl (C=O) groups is 1. The van der Waals surface area contributed by atoms with Gasteiger partial charge in [-0.3, -0.25) is 4.79 Å².